The number of benzene rings is 9. The topological polar surface area (TPSA) is 31.0 Å². The second kappa shape index (κ2) is 10.6. The fourth-order valence-corrected chi connectivity index (χ4v) is 8.56. The number of fused-ring (bicyclic) bond motifs is 11. The van der Waals surface area contributed by atoms with Crippen LogP contribution in [0.5, 0.6) is 0 Å². The molecule has 0 radical (unpaired) electrons. The maximum absolute atomic E-state index is 6.68. The Kier molecular flexibility index (Phi) is 5.88. The van der Waals surface area contributed by atoms with E-state index in [0.717, 1.165) is 44.5 Å². The molecule has 51 heavy (non-hydrogen) atoms. The largest absolute Gasteiger partial charge is 0.455 e. The SMILES string of the molecule is Cc1nc2ccccc2n1-c1ccc(-c2c3ccccc3c(-c3ccc4oc5c6ccccc6c6ccccc6c5c4c3)c3ccccc23)cc1. The molecule has 0 aliphatic rings. The molecule has 0 amide bonds. The molecular weight excluding hydrogens is 621 g/mol. The van der Waals surface area contributed by atoms with Crippen LogP contribution in [0.1, 0.15) is 5.82 Å². The highest BCUT2D eigenvalue weighted by Crippen LogP contribution is 2.46. The van der Waals surface area contributed by atoms with E-state index in [9.17, 15) is 0 Å². The lowest BCUT2D eigenvalue weighted by Crippen LogP contribution is -1.97. The van der Waals surface area contributed by atoms with Crippen LogP contribution in [0.4, 0.5) is 0 Å². The number of aryl methyl sites for hydroxylation is 1. The molecule has 0 N–H and O–H groups in total. The van der Waals surface area contributed by atoms with Crippen LogP contribution in [-0.2, 0) is 0 Å². The maximum Gasteiger partial charge on any atom is 0.143 e. The Balaban J connectivity index is 1.15. The van der Waals surface area contributed by atoms with Gasteiger partial charge in [0, 0.05) is 21.8 Å². The summed E-state index contributed by atoms with van der Waals surface area (Å²) in [7, 11) is 0. The molecule has 0 bridgehead atoms. The van der Waals surface area contributed by atoms with Gasteiger partial charge < -0.3 is 4.42 Å². The Bertz CT molecular complexity index is 3140. The van der Waals surface area contributed by atoms with Crippen molar-refractivity contribution in [2.24, 2.45) is 0 Å². The van der Waals surface area contributed by atoms with Crippen LogP contribution < -0.4 is 0 Å². The van der Waals surface area contributed by atoms with Gasteiger partial charge in [-0.15, -0.1) is 0 Å². The van der Waals surface area contributed by atoms with E-state index in [4.69, 9.17) is 9.40 Å². The fraction of sp³-hybridized carbons (Fsp3) is 0.0208. The number of para-hydroxylation sites is 2. The lowest BCUT2D eigenvalue weighted by molar-refractivity contribution is 0.673. The second-order valence-corrected chi connectivity index (χ2v) is 13.5. The zero-order chi connectivity index (χ0) is 33.6. The molecule has 0 spiro atoms. The van der Waals surface area contributed by atoms with Crippen molar-refractivity contribution in [3.8, 4) is 27.9 Å². The standard InChI is InChI=1S/C48H30N2O/c1-29-49-42-20-10-11-21-43(42)50(29)32-25-22-30(23-26-32)45-36-15-5-7-17-38(36)46(39-18-8-6-16-37(39)45)31-24-27-44-41(28-31)47-35-14-4-2-12-33(35)34-13-3-9-19-40(34)48(47)51-44/h2-28H,1H3. The molecule has 0 aliphatic heterocycles. The molecule has 0 unspecified atom stereocenters. The number of rotatable bonds is 3. The van der Waals surface area contributed by atoms with Crippen LogP contribution in [-0.4, -0.2) is 9.55 Å². The summed E-state index contributed by atoms with van der Waals surface area (Å²) in [4.78, 5) is 4.81. The van der Waals surface area contributed by atoms with Gasteiger partial charge in [-0.3, -0.25) is 4.57 Å². The van der Waals surface area contributed by atoms with Crippen LogP contribution in [0, 0.1) is 6.92 Å². The van der Waals surface area contributed by atoms with Crippen LogP contribution in [0.2, 0.25) is 0 Å². The number of furan rings is 1. The van der Waals surface area contributed by atoms with Crippen LogP contribution >= 0.6 is 0 Å². The molecule has 238 valence electrons. The lowest BCUT2D eigenvalue weighted by Gasteiger charge is -2.18. The molecule has 0 aliphatic carbocycles. The maximum atomic E-state index is 6.68. The smallest absolute Gasteiger partial charge is 0.143 e. The Morgan fingerprint density at radius 3 is 1.63 bits per heavy atom. The van der Waals surface area contributed by atoms with Crippen molar-refractivity contribution in [2.45, 2.75) is 6.92 Å². The predicted molar refractivity (Wildman–Crippen MR) is 214 cm³/mol. The van der Waals surface area contributed by atoms with E-state index in [1.165, 1.54) is 65.3 Å². The third-order valence-corrected chi connectivity index (χ3v) is 10.7. The number of nitrogens with zero attached hydrogens (tertiary/aromatic N) is 2. The molecular formula is C48H30N2O. The minimum absolute atomic E-state index is 0.904. The van der Waals surface area contributed by atoms with Gasteiger partial charge >= 0.3 is 0 Å². The average molecular weight is 651 g/mol. The molecule has 3 heteroatoms. The average Bonchev–Trinajstić information content (AvgIpc) is 3.74. The summed E-state index contributed by atoms with van der Waals surface area (Å²) in [5.41, 5.74) is 9.94. The molecule has 0 saturated carbocycles. The minimum Gasteiger partial charge on any atom is -0.455 e. The number of aromatic nitrogens is 2. The first kappa shape index (κ1) is 28.2. The van der Waals surface area contributed by atoms with E-state index in [2.05, 4.69) is 169 Å². The van der Waals surface area contributed by atoms with Gasteiger partial charge in [-0.05, 0) is 103 Å². The first-order chi connectivity index (χ1) is 25.2. The first-order valence-electron chi connectivity index (χ1n) is 17.5. The third-order valence-electron chi connectivity index (χ3n) is 10.7. The summed E-state index contributed by atoms with van der Waals surface area (Å²) in [5.74, 6) is 0.979. The fourth-order valence-electron chi connectivity index (χ4n) is 8.56. The molecule has 9 aromatic carbocycles. The van der Waals surface area contributed by atoms with E-state index in [-0.39, 0.29) is 0 Å². The summed E-state index contributed by atoms with van der Waals surface area (Å²) in [6.07, 6.45) is 0. The van der Waals surface area contributed by atoms with Crippen molar-refractivity contribution in [3.63, 3.8) is 0 Å². The summed E-state index contributed by atoms with van der Waals surface area (Å²) < 4.78 is 8.91. The van der Waals surface area contributed by atoms with Gasteiger partial charge in [-0.2, -0.15) is 0 Å². The molecule has 3 nitrogen and oxygen atoms in total. The van der Waals surface area contributed by atoms with Crippen molar-refractivity contribution in [3.05, 3.63) is 170 Å². The lowest BCUT2D eigenvalue weighted by atomic mass is 9.85. The molecule has 11 rings (SSSR count). The Morgan fingerprint density at radius 1 is 0.451 bits per heavy atom. The number of hydrogen-bond acceptors (Lipinski definition) is 2. The zero-order valence-electron chi connectivity index (χ0n) is 27.9. The van der Waals surface area contributed by atoms with Crippen LogP contribution in [0.15, 0.2) is 168 Å². The van der Waals surface area contributed by atoms with Crippen LogP contribution in [0.25, 0.3) is 104 Å². The summed E-state index contributed by atoms with van der Waals surface area (Å²) in [6.45, 7) is 2.07. The van der Waals surface area contributed by atoms with Crippen molar-refractivity contribution >= 4 is 76.1 Å². The summed E-state index contributed by atoms with van der Waals surface area (Å²) >= 11 is 0. The zero-order valence-corrected chi connectivity index (χ0v) is 27.9. The van der Waals surface area contributed by atoms with Crippen LogP contribution in [0.3, 0.4) is 0 Å². The highest BCUT2D eigenvalue weighted by atomic mass is 16.3. The van der Waals surface area contributed by atoms with Crippen molar-refractivity contribution in [1.82, 2.24) is 9.55 Å². The molecule has 2 heterocycles. The normalized spacial score (nSPS) is 12.0. The predicted octanol–water partition coefficient (Wildman–Crippen LogP) is 13.2. The van der Waals surface area contributed by atoms with Gasteiger partial charge in [-0.25, -0.2) is 4.98 Å². The van der Waals surface area contributed by atoms with Gasteiger partial charge in [0.15, 0.2) is 0 Å². The Labute approximate surface area is 293 Å². The highest BCUT2D eigenvalue weighted by molar-refractivity contribution is 6.31. The van der Waals surface area contributed by atoms with Gasteiger partial charge in [0.05, 0.1) is 11.0 Å². The minimum atomic E-state index is 0.904. The molecule has 0 fully saturated rings. The van der Waals surface area contributed by atoms with Crippen molar-refractivity contribution < 1.29 is 4.42 Å². The van der Waals surface area contributed by atoms with Gasteiger partial charge in [0.1, 0.15) is 17.0 Å². The monoisotopic (exact) mass is 650 g/mol. The Hall–Kier alpha value is -6.71. The van der Waals surface area contributed by atoms with Gasteiger partial charge in [-0.1, -0.05) is 127 Å². The Morgan fingerprint density at radius 2 is 0.961 bits per heavy atom. The van der Waals surface area contributed by atoms with E-state index >= 15 is 0 Å². The third kappa shape index (κ3) is 4.03. The highest BCUT2D eigenvalue weighted by Gasteiger charge is 2.20. The molecule has 11 aromatic rings. The van der Waals surface area contributed by atoms with Gasteiger partial charge in [0.2, 0.25) is 0 Å². The van der Waals surface area contributed by atoms with E-state index in [1.807, 2.05) is 6.07 Å². The van der Waals surface area contributed by atoms with Gasteiger partial charge in [0.25, 0.3) is 0 Å². The van der Waals surface area contributed by atoms with E-state index in [1.54, 1.807) is 0 Å². The van der Waals surface area contributed by atoms with E-state index < -0.39 is 0 Å². The molecule has 0 saturated heterocycles. The molecule has 0 atom stereocenters. The number of imidazole rings is 1. The quantitative estimate of drug-likeness (QED) is 0.141. The number of hydrogen-bond donors (Lipinski definition) is 0. The molecule has 2 aromatic heterocycles. The second-order valence-electron chi connectivity index (χ2n) is 13.5. The summed E-state index contributed by atoms with van der Waals surface area (Å²) in [6, 6.07) is 59.1. The first-order valence-corrected chi connectivity index (χ1v) is 17.5. The van der Waals surface area contributed by atoms with Crippen molar-refractivity contribution in [2.75, 3.05) is 0 Å². The van der Waals surface area contributed by atoms with Crippen molar-refractivity contribution in [1.29, 1.82) is 0 Å². The summed E-state index contributed by atoms with van der Waals surface area (Å²) in [5, 5.41) is 12.1. The van der Waals surface area contributed by atoms with E-state index in [0.29, 0.717) is 0 Å².